The molecule has 1 aromatic rings. The van der Waals surface area contributed by atoms with Crippen molar-refractivity contribution in [2.24, 2.45) is 18.4 Å². The minimum absolute atomic E-state index is 0.139. The fraction of sp³-hybridized carbons (Fsp3) is 0.769. The van der Waals surface area contributed by atoms with E-state index >= 15 is 0 Å². The molecule has 1 aliphatic rings. The molecule has 2 rings (SSSR count). The number of halogens is 1. The summed E-state index contributed by atoms with van der Waals surface area (Å²) in [6.45, 7) is 6.60. The summed E-state index contributed by atoms with van der Waals surface area (Å²) in [6, 6.07) is 0. The summed E-state index contributed by atoms with van der Waals surface area (Å²) >= 11 is 6.17. The van der Waals surface area contributed by atoms with E-state index in [1.807, 2.05) is 7.05 Å². The smallest absolute Gasteiger partial charge is 0.108 e. The lowest BCUT2D eigenvalue weighted by Gasteiger charge is -2.44. The lowest BCUT2D eigenvalue weighted by molar-refractivity contribution is -0.0688. The van der Waals surface area contributed by atoms with Crippen LogP contribution in [0.2, 0.25) is 5.02 Å². The number of hydrogen-bond acceptors (Lipinski definition) is 2. The molecule has 0 radical (unpaired) electrons. The standard InChI is InChI=1S/C13H21ClN2O/c1-9-5-12(2,3)8-13(17,6-9)11-10(14)7-15-16(11)4/h7,9,17H,5-6,8H2,1-4H3. The van der Waals surface area contributed by atoms with Crippen LogP contribution < -0.4 is 0 Å². The van der Waals surface area contributed by atoms with Gasteiger partial charge < -0.3 is 5.11 Å². The Hall–Kier alpha value is -0.540. The molecule has 2 unspecified atom stereocenters. The largest absolute Gasteiger partial charge is 0.383 e. The van der Waals surface area contributed by atoms with Gasteiger partial charge in [-0.3, -0.25) is 4.68 Å². The Morgan fingerprint density at radius 1 is 1.47 bits per heavy atom. The highest BCUT2D eigenvalue weighted by atomic mass is 35.5. The highest BCUT2D eigenvalue weighted by Crippen LogP contribution is 2.49. The van der Waals surface area contributed by atoms with E-state index in [-0.39, 0.29) is 5.41 Å². The summed E-state index contributed by atoms with van der Waals surface area (Å²) in [5.74, 6) is 0.495. The van der Waals surface area contributed by atoms with Crippen LogP contribution in [0.3, 0.4) is 0 Å². The van der Waals surface area contributed by atoms with Gasteiger partial charge in [0.25, 0.3) is 0 Å². The molecule has 1 saturated carbocycles. The Morgan fingerprint density at radius 3 is 2.59 bits per heavy atom. The van der Waals surface area contributed by atoms with Crippen LogP contribution in [0.4, 0.5) is 0 Å². The molecule has 0 aliphatic heterocycles. The van der Waals surface area contributed by atoms with Crippen molar-refractivity contribution in [1.29, 1.82) is 0 Å². The van der Waals surface area contributed by atoms with Crippen molar-refractivity contribution >= 4 is 11.6 Å². The van der Waals surface area contributed by atoms with E-state index in [9.17, 15) is 5.11 Å². The zero-order valence-corrected chi connectivity index (χ0v) is 11.8. The zero-order valence-electron chi connectivity index (χ0n) is 11.0. The maximum Gasteiger partial charge on any atom is 0.108 e. The maximum absolute atomic E-state index is 11.0. The quantitative estimate of drug-likeness (QED) is 0.839. The molecule has 2 atom stereocenters. The van der Waals surface area contributed by atoms with Crippen LogP contribution in [0, 0.1) is 11.3 Å². The molecule has 0 amide bonds. The molecule has 1 heterocycles. The van der Waals surface area contributed by atoms with Gasteiger partial charge in [-0.1, -0.05) is 32.4 Å². The first kappa shape index (κ1) is 12.9. The Kier molecular flexibility index (Phi) is 3.03. The second-order valence-electron chi connectivity index (χ2n) is 6.35. The van der Waals surface area contributed by atoms with E-state index in [2.05, 4.69) is 25.9 Å². The van der Waals surface area contributed by atoms with E-state index < -0.39 is 5.60 Å². The van der Waals surface area contributed by atoms with E-state index in [0.29, 0.717) is 10.9 Å². The SMILES string of the molecule is CC1CC(C)(C)CC(O)(c2c(Cl)cnn2C)C1. The minimum atomic E-state index is -0.844. The van der Waals surface area contributed by atoms with Gasteiger partial charge in [-0.05, 0) is 30.6 Å². The third-order valence-electron chi connectivity index (χ3n) is 3.69. The molecule has 0 saturated heterocycles. The minimum Gasteiger partial charge on any atom is -0.383 e. The van der Waals surface area contributed by atoms with Crippen LogP contribution in [0.25, 0.3) is 0 Å². The average Bonchev–Trinajstić information content (AvgIpc) is 2.41. The summed E-state index contributed by atoms with van der Waals surface area (Å²) < 4.78 is 1.70. The molecule has 17 heavy (non-hydrogen) atoms. The van der Waals surface area contributed by atoms with Crippen molar-refractivity contribution in [3.63, 3.8) is 0 Å². The van der Waals surface area contributed by atoms with E-state index in [0.717, 1.165) is 25.0 Å². The number of nitrogens with zero attached hydrogens (tertiary/aromatic N) is 2. The summed E-state index contributed by atoms with van der Waals surface area (Å²) in [5, 5.41) is 15.7. The Labute approximate surface area is 108 Å². The van der Waals surface area contributed by atoms with Crippen molar-refractivity contribution in [3.05, 3.63) is 16.9 Å². The van der Waals surface area contributed by atoms with Gasteiger partial charge >= 0.3 is 0 Å². The highest BCUT2D eigenvalue weighted by molar-refractivity contribution is 6.31. The lowest BCUT2D eigenvalue weighted by atomic mass is 9.65. The zero-order chi connectivity index (χ0) is 12.8. The van der Waals surface area contributed by atoms with Gasteiger partial charge in [0.1, 0.15) is 5.60 Å². The fourth-order valence-corrected chi connectivity index (χ4v) is 3.98. The molecule has 1 aromatic heterocycles. The second kappa shape index (κ2) is 3.99. The van der Waals surface area contributed by atoms with Crippen LogP contribution in [0.5, 0.6) is 0 Å². The molecule has 4 heteroatoms. The van der Waals surface area contributed by atoms with Gasteiger partial charge in [0.05, 0.1) is 16.9 Å². The van der Waals surface area contributed by atoms with Crippen molar-refractivity contribution in [3.8, 4) is 0 Å². The predicted molar refractivity (Wildman–Crippen MR) is 68.9 cm³/mol. The number of rotatable bonds is 1. The molecule has 1 N–H and O–H groups in total. The average molecular weight is 257 g/mol. The third-order valence-corrected chi connectivity index (χ3v) is 3.97. The molecule has 1 aliphatic carbocycles. The van der Waals surface area contributed by atoms with Crippen LogP contribution in [-0.4, -0.2) is 14.9 Å². The van der Waals surface area contributed by atoms with E-state index in [1.54, 1.807) is 10.9 Å². The van der Waals surface area contributed by atoms with Crippen LogP contribution in [-0.2, 0) is 12.6 Å². The van der Waals surface area contributed by atoms with Crippen molar-refractivity contribution in [2.75, 3.05) is 0 Å². The van der Waals surface area contributed by atoms with Crippen molar-refractivity contribution < 1.29 is 5.11 Å². The molecule has 3 nitrogen and oxygen atoms in total. The van der Waals surface area contributed by atoms with Gasteiger partial charge in [-0.2, -0.15) is 5.10 Å². The van der Waals surface area contributed by atoms with Crippen LogP contribution in [0.1, 0.15) is 45.7 Å². The molecule has 0 bridgehead atoms. The molecule has 0 aromatic carbocycles. The fourth-order valence-electron chi connectivity index (χ4n) is 3.64. The van der Waals surface area contributed by atoms with E-state index in [4.69, 9.17) is 11.6 Å². The van der Waals surface area contributed by atoms with Crippen LogP contribution in [0.15, 0.2) is 6.20 Å². The summed E-state index contributed by atoms with van der Waals surface area (Å²) in [5.41, 5.74) is 0.0579. The van der Waals surface area contributed by atoms with Crippen molar-refractivity contribution in [1.82, 2.24) is 9.78 Å². The number of aliphatic hydroxyl groups is 1. The van der Waals surface area contributed by atoms with Gasteiger partial charge in [-0.25, -0.2) is 0 Å². The Balaban J connectivity index is 2.42. The molecular formula is C13H21ClN2O. The first-order chi connectivity index (χ1) is 7.73. The first-order valence-corrected chi connectivity index (χ1v) is 6.52. The van der Waals surface area contributed by atoms with Gasteiger partial charge in [0.15, 0.2) is 0 Å². The maximum atomic E-state index is 11.0. The second-order valence-corrected chi connectivity index (χ2v) is 6.76. The van der Waals surface area contributed by atoms with Gasteiger partial charge in [-0.15, -0.1) is 0 Å². The molecule has 0 spiro atoms. The van der Waals surface area contributed by atoms with Crippen LogP contribution >= 0.6 is 11.6 Å². The Morgan fingerprint density at radius 2 is 2.12 bits per heavy atom. The predicted octanol–water partition coefficient (Wildman–Crippen LogP) is 3.11. The van der Waals surface area contributed by atoms with Gasteiger partial charge in [0, 0.05) is 7.05 Å². The lowest BCUT2D eigenvalue weighted by Crippen LogP contribution is -2.41. The van der Waals surface area contributed by atoms with E-state index in [1.165, 1.54) is 0 Å². The first-order valence-electron chi connectivity index (χ1n) is 6.14. The summed E-state index contributed by atoms with van der Waals surface area (Å²) in [7, 11) is 1.84. The topological polar surface area (TPSA) is 38.1 Å². The molecular weight excluding hydrogens is 236 g/mol. The summed E-state index contributed by atoms with van der Waals surface area (Å²) in [6.07, 6.45) is 4.26. The van der Waals surface area contributed by atoms with Gasteiger partial charge in [0.2, 0.25) is 0 Å². The highest BCUT2D eigenvalue weighted by Gasteiger charge is 2.45. The number of hydrogen-bond donors (Lipinski definition) is 1. The molecule has 1 fully saturated rings. The monoisotopic (exact) mass is 256 g/mol. The normalized spacial score (nSPS) is 32.7. The van der Waals surface area contributed by atoms with Crippen molar-refractivity contribution in [2.45, 2.75) is 45.6 Å². The summed E-state index contributed by atoms with van der Waals surface area (Å²) in [4.78, 5) is 0. The number of aryl methyl sites for hydroxylation is 1. The number of aromatic nitrogens is 2. The molecule has 96 valence electrons. The third kappa shape index (κ3) is 2.36. The Bertz CT molecular complexity index is 408.